The number of nitrogens with two attached hydrogens (primary N) is 1. The quantitative estimate of drug-likeness (QED) is 0.358. The zero-order valence-electron chi connectivity index (χ0n) is 19.9. The van der Waals surface area contributed by atoms with Crippen LogP contribution in [0, 0.1) is 6.92 Å². The van der Waals surface area contributed by atoms with E-state index in [1.807, 2.05) is 6.92 Å². The lowest BCUT2D eigenvalue weighted by atomic mass is 9.80. The summed E-state index contributed by atoms with van der Waals surface area (Å²) in [5.74, 6) is 0.683. The van der Waals surface area contributed by atoms with Crippen LogP contribution in [0.2, 0.25) is 0 Å². The van der Waals surface area contributed by atoms with E-state index in [1.54, 1.807) is 0 Å². The van der Waals surface area contributed by atoms with Crippen molar-refractivity contribution in [1.29, 1.82) is 0 Å². The Labute approximate surface area is 200 Å². The third-order valence-corrected chi connectivity index (χ3v) is 7.13. The molecule has 33 heavy (non-hydrogen) atoms. The van der Waals surface area contributed by atoms with Crippen LogP contribution >= 0.6 is 11.8 Å². The summed E-state index contributed by atoms with van der Waals surface area (Å²) in [6.07, 6.45) is 7.76. The number of carbonyl (C=O) groups is 1. The molecule has 0 spiro atoms. The molecule has 172 valence electrons. The molecule has 0 saturated carbocycles. The molecule has 3 aromatic rings. The molecule has 0 unspecified atom stereocenters. The number of aryl methyl sites for hydroxylation is 1. The number of carbonyl (C=O) groups excluding carboxylic acids is 1. The average molecular weight is 462 g/mol. The van der Waals surface area contributed by atoms with Crippen molar-refractivity contribution in [3.63, 3.8) is 0 Å². The summed E-state index contributed by atoms with van der Waals surface area (Å²) in [6, 6.07) is 17.3. The molecule has 2 aromatic carbocycles. The van der Waals surface area contributed by atoms with E-state index in [9.17, 15) is 4.79 Å². The highest BCUT2D eigenvalue weighted by Gasteiger charge is 2.26. The Balaban J connectivity index is 1.71. The van der Waals surface area contributed by atoms with Crippen molar-refractivity contribution >= 4 is 39.2 Å². The highest BCUT2D eigenvalue weighted by atomic mass is 32.2. The molecule has 5 heteroatoms. The number of nitrogens with zero attached hydrogens (tertiary/aromatic N) is 1. The molecular formula is C28H33N2O2S+. The molecular weight excluding hydrogens is 428 g/mol. The Bertz CT molecular complexity index is 1220. The van der Waals surface area contributed by atoms with Gasteiger partial charge in [-0.05, 0) is 61.2 Å². The highest BCUT2D eigenvalue weighted by molar-refractivity contribution is 8.13. The van der Waals surface area contributed by atoms with Gasteiger partial charge in [0.05, 0.1) is 12.8 Å². The first kappa shape index (κ1) is 23.4. The van der Waals surface area contributed by atoms with Crippen molar-refractivity contribution in [1.82, 2.24) is 4.57 Å². The van der Waals surface area contributed by atoms with Crippen LogP contribution in [0.25, 0.3) is 16.5 Å². The molecule has 0 atom stereocenters. The van der Waals surface area contributed by atoms with Crippen LogP contribution in [0.3, 0.4) is 0 Å². The monoisotopic (exact) mass is 461 g/mol. The van der Waals surface area contributed by atoms with E-state index in [4.69, 9.17) is 4.74 Å². The number of allylic oxidation sites excluding steroid dienone is 3. The van der Waals surface area contributed by atoms with Crippen molar-refractivity contribution in [2.45, 2.75) is 46.1 Å². The molecule has 4 nitrogen and oxygen atoms in total. The fourth-order valence-electron chi connectivity index (χ4n) is 4.71. The van der Waals surface area contributed by atoms with E-state index in [2.05, 4.69) is 97.5 Å². The molecule has 1 aromatic heterocycles. The van der Waals surface area contributed by atoms with Gasteiger partial charge in [0, 0.05) is 40.0 Å². The van der Waals surface area contributed by atoms with Crippen molar-refractivity contribution in [3.8, 4) is 0 Å². The van der Waals surface area contributed by atoms with E-state index < -0.39 is 0 Å². The van der Waals surface area contributed by atoms with Gasteiger partial charge in [-0.2, -0.15) is 0 Å². The first-order chi connectivity index (χ1) is 15.9. The van der Waals surface area contributed by atoms with Crippen LogP contribution in [0.4, 0.5) is 10.5 Å². The number of aromatic nitrogens is 1. The number of thioether (sulfide) groups is 1. The second-order valence-corrected chi connectivity index (χ2v) is 10.1. The Hall–Kier alpha value is -2.76. The summed E-state index contributed by atoms with van der Waals surface area (Å²) < 4.78 is 7.41. The lowest BCUT2D eigenvalue weighted by molar-refractivity contribution is -0.497. The van der Waals surface area contributed by atoms with Crippen molar-refractivity contribution in [3.05, 3.63) is 83.7 Å². The Morgan fingerprint density at radius 3 is 2.73 bits per heavy atom. The van der Waals surface area contributed by atoms with Gasteiger partial charge in [-0.25, -0.2) is 4.79 Å². The van der Waals surface area contributed by atoms with Gasteiger partial charge in [-0.3, -0.25) is 5.32 Å². The van der Waals surface area contributed by atoms with Crippen LogP contribution in [0.15, 0.2) is 66.9 Å². The average Bonchev–Trinajstić information content (AvgIpc) is 3.10. The third kappa shape index (κ3) is 4.94. The molecule has 0 fully saturated rings. The van der Waals surface area contributed by atoms with Gasteiger partial charge >= 0.3 is 5.30 Å². The summed E-state index contributed by atoms with van der Waals surface area (Å²) in [6.45, 7) is 9.85. The maximum Gasteiger partial charge on any atom is 0.367 e. The first-order valence-electron chi connectivity index (χ1n) is 11.6. The van der Waals surface area contributed by atoms with Gasteiger partial charge in [0.25, 0.3) is 0 Å². The number of hydrogen-bond donors (Lipinski definition) is 1. The fourth-order valence-corrected chi connectivity index (χ4v) is 5.35. The number of hydrogen-bond acceptors (Lipinski definition) is 3. The number of ether oxygens (including phenoxy) is 1. The van der Waals surface area contributed by atoms with E-state index in [0.29, 0.717) is 12.4 Å². The second kappa shape index (κ2) is 10.0. The predicted octanol–water partition coefficient (Wildman–Crippen LogP) is 6.31. The molecule has 0 bridgehead atoms. The predicted molar refractivity (Wildman–Crippen MR) is 139 cm³/mol. The van der Waals surface area contributed by atoms with Gasteiger partial charge in [0.2, 0.25) is 0 Å². The maximum absolute atomic E-state index is 11.8. The number of para-hydroxylation sites is 2. The standard InChI is InChI=1S/C28H32N2O2S/c1-5-32-27(31)33-19-18-30-20(2)26(22-10-6-9-13-25(22)30)21-14-16-28(3,4)23-11-7-8-12-24(23)29-17-15-21/h6-15,17,29H,5,16,18-19H2,1-4H3/p+1/b17-15-,21-14+. The number of fused-ring (bicyclic) bond motifs is 2. The van der Waals surface area contributed by atoms with Crippen molar-refractivity contribution < 1.29 is 14.8 Å². The van der Waals surface area contributed by atoms with Crippen LogP contribution in [-0.2, 0) is 16.7 Å². The third-order valence-electron chi connectivity index (χ3n) is 6.39. The van der Waals surface area contributed by atoms with Crippen molar-refractivity contribution in [2.24, 2.45) is 0 Å². The SMILES string of the molecule is CCOC(=O)SCCn1c(C)c(C2=C/CC(C)(C)c3ccccc3[NH2+]/C=C\2)c2ccccc21. The smallest absolute Gasteiger partial charge is 0.367 e. The van der Waals surface area contributed by atoms with Crippen LogP contribution in [0.1, 0.15) is 44.0 Å². The molecule has 4 rings (SSSR count). The molecule has 0 aliphatic carbocycles. The maximum atomic E-state index is 11.8. The molecule has 2 N–H and O–H groups in total. The van der Waals surface area contributed by atoms with E-state index >= 15 is 0 Å². The molecule has 1 aliphatic heterocycles. The molecule has 0 amide bonds. The van der Waals surface area contributed by atoms with E-state index in [-0.39, 0.29) is 10.7 Å². The lowest BCUT2D eigenvalue weighted by Gasteiger charge is -2.24. The van der Waals surface area contributed by atoms with Crippen molar-refractivity contribution in [2.75, 3.05) is 12.4 Å². The lowest BCUT2D eigenvalue weighted by Crippen LogP contribution is -2.71. The molecule has 0 saturated heterocycles. The van der Waals surface area contributed by atoms with Gasteiger partial charge in [-0.15, -0.1) is 0 Å². The van der Waals surface area contributed by atoms with Gasteiger partial charge in [-0.1, -0.05) is 56.3 Å². The fraction of sp³-hybridized carbons (Fsp3) is 0.321. The van der Waals surface area contributed by atoms with Crippen LogP contribution in [0.5, 0.6) is 0 Å². The van der Waals surface area contributed by atoms with Gasteiger partial charge in [0.1, 0.15) is 5.69 Å². The summed E-state index contributed by atoms with van der Waals surface area (Å²) in [5, 5.41) is 3.27. The molecule has 0 radical (unpaired) electrons. The van der Waals surface area contributed by atoms with Crippen LogP contribution < -0.4 is 5.32 Å². The Morgan fingerprint density at radius 1 is 1.15 bits per heavy atom. The summed E-state index contributed by atoms with van der Waals surface area (Å²) in [7, 11) is 0. The van der Waals surface area contributed by atoms with E-state index in [0.717, 1.165) is 13.0 Å². The highest BCUT2D eigenvalue weighted by Crippen LogP contribution is 2.37. The van der Waals surface area contributed by atoms with Crippen LogP contribution in [-0.4, -0.2) is 22.2 Å². The molecule has 1 aliphatic rings. The van der Waals surface area contributed by atoms with E-state index in [1.165, 1.54) is 50.7 Å². The summed E-state index contributed by atoms with van der Waals surface area (Å²) in [4.78, 5) is 11.8. The summed E-state index contributed by atoms with van der Waals surface area (Å²) >= 11 is 1.24. The number of quaternary nitrogens is 1. The second-order valence-electron chi connectivity index (χ2n) is 9.02. The summed E-state index contributed by atoms with van der Waals surface area (Å²) in [5.41, 5.74) is 7.65. The topological polar surface area (TPSA) is 47.8 Å². The largest absolute Gasteiger partial charge is 0.458 e. The minimum atomic E-state index is -0.203. The minimum Gasteiger partial charge on any atom is -0.458 e. The minimum absolute atomic E-state index is 0.0346. The number of rotatable bonds is 5. The zero-order chi connectivity index (χ0) is 23.4. The van der Waals surface area contributed by atoms with Gasteiger partial charge < -0.3 is 9.30 Å². The molecule has 2 heterocycles. The Morgan fingerprint density at radius 2 is 1.91 bits per heavy atom. The Kier molecular flexibility index (Phi) is 7.11. The number of benzene rings is 2. The normalized spacial score (nSPS) is 17.9. The zero-order valence-corrected chi connectivity index (χ0v) is 20.7. The first-order valence-corrected chi connectivity index (χ1v) is 12.6. The van der Waals surface area contributed by atoms with Gasteiger partial charge in [0.15, 0.2) is 0 Å².